The summed E-state index contributed by atoms with van der Waals surface area (Å²) in [7, 11) is 0. The van der Waals surface area contributed by atoms with Gasteiger partial charge in [0.2, 0.25) is 11.9 Å². The zero-order chi connectivity index (χ0) is 22.2. The van der Waals surface area contributed by atoms with Crippen LogP contribution in [0.15, 0.2) is 23.5 Å². The zero-order valence-electron chi connectivity index (χ0n) is 19.8. The van der Waals surface area contributed by atoms with E-state index in [1.54, 1.807) is 12.4 Å². The first-order valence-corrected chi connectivity index (χ1v) is 12.3. The van der Waals surface area contributed by atoms with E-state index >= 15 is 0 Å². The second-order valence-electron chi connectivity index (χ2n) is 9.03. The maximum absolute atomic E-state index is 12.7. The standard InChI is InChI=1S/C23H38N8O.HI/c1-2-24-22(28-20-8-12-31(18-20)21(32)19-6-3-4-7-19)25-11-13-29-14-16-30(17-15-29)23-26-9-5-10-27-23;/h5,9-10,19-20H,2-4,6-8,11-18H2,1H3,(H2,24,25,28);1H. The zero-order valence-corrected chi connectivity index (χ0v) is 22.1. The molecular weight excluding hydrogens is 531 g/mol. The molecule has 4 rings (SSSR count). The molecule has 1 unspecified atom stereocenters. The largest absolute Gasteiger partial charge is 0.357 e. The number of halogens is 1. The summed E-state index contributed by atoms with van der Waals surface area (Å²) in [5, 5.41) is 6.93. The molecule has 0 spiro atoms. The molecule has 2 N–H and O–H groups in total. The van der Waals surface area contributed by atoms with Gasteiger partial charge >= 0.3 is 0 Å². The van der Waals surface area contributed by atoms with E-state index in [1.807, 2.05) is 6.07 Å². The highest BCUT2D eigenvalue weighted by atomic mass is 127. The fourth-order valence-electron chi connectivity index (χ4n) is 4.95. The number of guanidine groups is 1. The highest BCUT2D eigenvalue weighted by Gasteiger charge is 2.32. The summed E-state index contributed by atoms with van der Waals surface area (Å²) in [5.74, 6) is 2.32. The maximum Gasteiger partial charge on any atom is 0.225 e. The molecule has 1 atom stereocenters. The van der Waals surface area contributed by atoms with Gasteiger partial charge in [-0.1, -0.05) is 12.8 Å². The molecule has 1 aromatic heterocycles. The quantitative estimate of drug-likeness (QED) is 0.292. The molecule has 33 heavy (non-hydrogen) atoms. The molecule has 0 radical (unpaired) electrons. The van der Waals surface area contributed by atoms with Gasteiger partial charge in [-0.2, -0.15) is 0 Å². The van der Waals surface area contributed by atoms with Gasteiger partial charge in [0.1, 0.15) is 0 Å². The van der Waals surface area contributed by atoms with Gasteiger partial charge in [0, 0.05) is 76.7 Å². The topological polar surface area (TPSA) is 89.0 Å². The van der Waals surface area contributed by atoms with E-state index in [0.717, 1.165) is 90.1 Å². The fourth-order valence-corrected chi connectivity index (χ4v) is 4.95. The van der Waals surface area contributed by atoms with E-state index in [1.165, 1.54) is 12.8 Å². The van der Waals surface area contributed by atoms with Crippen molar-refractivity contribution in [2.75, 3.05) is 63.8 Å². The van der Waals surface area contributed by atoms with Crippen LogP contribution in [0.3, 0.4) is 0 Å². The molecule has 184 valence electrons. The molecule has 2 saturated heterocycles. The Morgan fingerprint density at radius 2 is 1.82 bits per heavy atom. The molecule has 0 aromatic carbocycles. The lowest BCUT2D eigenvalue weighted by atomic mass is 10.1. The Labute approximate surface area is 214 Å². The number of aliphatic imine (C=N–C) groups is 1. The fraction of sp³-hybridized carbons (Fsp3) is 0.739. The average Bonchev–Trinajstić information content (AvgIpc) is 3.53. The number of anilines is 1. The molecule has 3 fully saturated rings. The lowest BCUT2D eigenvalue weighted by molar-refractivity contribution is -0.134. The second-order valence-corrected chi connectivity index (χ2v) is 9.03. The first-order valence-electron chi connectivity index (χ1n) is 12.3. The van der Waals surface area contributed by atoms with Gasteiger partial charge in [-0.05, 0) is 32.3 Å². The van der Waals surface area contributed by atoms with Crippen molar-refractivity contribution in [1.82, 2.24) is 30.4 Å². The molecule has 2 aliphatic heterocycles. The molecular formula is C23H39IN8O. The van der Waals surface area contributed by atoms with Gasteiger partial charge in [-0.25, -0.2) is 9.97 Å². The van der Waals surface area contributed by atoms with Crippen LogP contribution in [-0.4, -0.2) is 96.6 Å². The minimum absolute atomic E-state index is 0. The summed E-state index contributed by atoms with van der Waals surface area (Å²) in [6.07, 6.45) is 9.15. The Kier molecular flexibility index (Phi) is 10.4. The Morgan fingerprint density at radius 3 is 2.52 bits per heavy atom. The number of amides is 1. The van der Waals surface area contributed by atoms with Gasteiger partial charge in [-0.15, -0.1) is 24.0 Å². The van der Waals surface area contributed by atoms with Crippen molar-refractivity contribution in [3.63, 3.8) is 0 Å². The average molecular weight is 571 g/mol. The normalized spacial score (nSPS) is 22.3. The van der Waals surface area contributed by atoms with Crippen LogP contribution in [-0.2, 0) is 4.79 Å². The smallest absolute Gasteiger partial charge is 0.225 e. The van der Waals surface area contributed by atoms with Gasteiger partial charge in [-0.3, -0.25) is 14.7 Å². The van der Waals surface area contributed by atoms with E-state index < -0.39 is 0 Å². The monoisotopic (exact) mass is 570 g/mol. The van der Waals surface area contributed by atoms with Crippen molar-refractivity contribution in [2.45, 2.75) is 45.1 Å². The second kappa shape index (κ2) is 13.3. The van der Waals surface area contributed by atoms with Crippen LogP contribution in [0.1, 0.15) is 39.0 Å². The number of likely N-dealkylation sites (tertiary alicyclic amines) is 1. The van der Waals surface area contributed by atoms with Crippen LogP contribution in [0.5, 0.6) is 0 Å². The van der Waals surface area contributed by atoms with Gasteiger partial charge in [0.15, 0.2) is 5.96 Å². The Hall–Kier alpha value is -1.69. The molecule has 3 heterocycles. The van der Waals surface area contributed by atoms with E-state index in [4.69, 9.17) is 4.99 Å². The van der Waals surface area contributed by atoms with E-state index in [-0.39, 0.29) is 35.9 Å². The number of piperazine rings is 1. The third-order valence-corrected chi connectivity index (χ3v) is 6.78. The molecule has 10 heteroatoms. The van der Waals surface area contributed by atoms with Crippen molar-refractivity contribution in [1.29, 1.82) is 0 Å². The number of carbonyl (C=O) groups excluding carboxylic acids is 1. The molecule has 3 aliphatic rings. The summed E-state index contributed by atoms with van der Waals surface area (Å²) < 4.78 is 0. The molecule has 1 aromatic rings. The van der Waals surface area contributed by atoms with Gasteiger partial charge in [0.25, 0.3) is 0 Å². The number of nitrogens with zero attached hydrogens (tertiary/aromatic N) is 6. The van der Waals surface area contributed by atoms with Crippen LogP contribution in [0.4, 0.5) is 5.95 Å². The summed E-state index contributed by atoms with van der Waals surface area (Å²) in [6.45, 7) is 10.2. The van der Waals surface area contributed by atoms with Crippen LogP contribution in [0, 0.1) is 5.92 Å². The van der Waals surface area contributed by atoms with Crippen LogP contribution < -0.4 is 15.5 Å². The highest BCUT2D eigenvalue weighted by molar-refractivity contribution is 14.0. The predicted molar refractivity (Wildman–Crippen MR) is 142 cm³/mol. The number of hydrogen-bond acceptors (Lipinski definition) is 6. The van der Waals surface area contributed by atoms with Gasteiger partial charge in [0.05, 0.1) is 6.54 Å². The summed E-state index contributed by atoms with van der Waals surface area (Å²) in [6, 6.07) is 2.14. The number of nitrogens with one attached hydrogen (secondary N) is 2. The predicted octanol–water partition coefficient (Wildman–Crippen LogP) is 1.56. The highest BCUT2D eigenvalue weighted by Crippen LogP contribution is 2.27. The number of carbonyl (C=O) groups is 1. The molecule has 9 nitrogen and oxygen atoms in total. The van der Waals surface area contributed by atoms with Crippen molar-refractivity contribution in [3.05, 3.63) is 18.5 Å². The third-order valence-electron chi connectivity index (χ3n) is 6.78. The van der Waals surface area contributed by atoms with E-state index in [9.17, 15) is 4.79 Å². The molecule has 1 saturated carbocycles. The molecule has 1 amide bonds. The summed E-state index contributed by atoms with van der Waals surface area (Å²) in [5.41, 5.74) is 0. The number of hydrogen-bond donors (Lipinski definition) is 2. The molecule has 1 aliphatic carbocycles. The van der Waals surface area contributed by atoms with Crippen molar-refractivity contribution < 1.29 is 4.79 Å². The first-order chi connectivity index (χ1) is 15.7. The first kappa shape index (κ1) is 25.9. The Bertz CT molecular complexity index is 750. The third kappa shape index (κ3) is 7.40. The van der Waals surface area contributed by atoms with E-state index in [0.29, 0.717) is 5.91 Å². The van der Waals surface area contributed by atoms with Crippen LogP contribution in [0.25, 0.3) is 0 Å². The number of rotatable bonds is 7. The van der Waals surface area contributed by atoms with Crippen molar-refractivity contribution >= 4 is 41.8 Å². The van der Waals surface area contributed by atoms with E-state index in [2.05, 4.69) is 42.2 Å². The summed E-state index contributed by atoms with van der Waals surface area (Å²) >= 11 is 0. The Balaban J connectivity index is 0.00000306. The number of aromatic nitrogens is 2. The van der Waals surface area contributed by atoms with Crippen LogP contribution in [0.2, 0.25) is 0 Å². The minimum Gasteiger partial charge on any atom is -0.357 e. The van der Waals surface area contributed by atoms with Gasteiger partial charge < -0.3 is 20.4 Å². The van der Waals surface area contributed by atoms with Crippen molar-refractivity contribution in [2.24, 2.45) is 10.9 Å². The SMILES string of the molecule is CCNC(=NCCN1CCN(c2ncccn2)CC1)NC1CCN(C(=O)C2CCCC2)C1.I. The molecule has 0 bridgehead atoms. The van der Waals surface area contributed by atoms with Crippen LogP contribution >= 0.6 is 24.0 Å². The lowest BCUT2D eigenvalue weighted by Gasteiger charge is -2.34. The maximum atomic E-state index is 12.7. The van der Waals surface area contributed by atoms with Crippen molar-refractivity contribution in [3.8, 4) is 0 Å². The Morgan fingerprint density at radius 1 is 1.09 bits per heavy atom. The lowest BCUT2D eigenvalue weighted by Crippen LogP contribution is -2.48. The minimum atomic E-state index is 0. The summed E-state index contributed by atoms with van der Waals surface area (Å²) in [4.78, 5) is 33.0.